The molecular formula is C25H36N10O5S. The highest BCUT2D eigenvalue weighted by atomic mass is 32.2. The molecule has 0 unspecified atom stereocenters. The Hall–Kier alpha value is -3.08. The van der Waals surface area contributed by atoms with E-state index in [9.17, 15) is 24.3 Å². The van der Waals surface area contributed by atoms with Crippen molar-refractivity contribution in [1.29, 1.82) is 0 Å². The van der Waals surface area contributed by atoms with Crippen LogP contribution in [0.3, 0.4) is 0 Å². The maximum absolute atomic E-state index is 13.3. The average molecular weight is 589 g/mol. The van der Waals surface area contributed by atoms with Crippen LogP contribution in [0.5, 0.6) is 0 Å². The van der Waals surface area contributed by atoms with Crippen molar-refractivity contribution in [2.75, 3.05) is 19.6 Å². The lowest BCUT2D eigenvalue weighted by Gasteiger charge is -2.47. The number of nitrogens with one attached hydrogen (secondary N) is 2. The van der Waals surface area contributed by atoms with Gasteiger partial charge in [0.05, 0.1) is 18.0 Å². The van der Waals surface area contributed by atoms with Gasteiger partial charge in [-0.3, -0.25) is 14.4 Å². The highest BCUT2D eigenvalue weighted by Gasteiger charge is 2.60. The minimum Gasteiger partial charge on any atom is -0.477 e. The van der Waals surface area contributed by atoms with E-state index in [0.717, 1.165) is 12.8 Å². The summed E-state index contributed by atoms with van der Waals surface area (Å²) in [5, 5.41) is 26.9. The summed E-state index contributed by atoms with van der Waals surface area (Å²) in [6.07, 6.45) is 3.43. The second-order valence-electron chi connectivity index (χ2n) is 12.2. The Labute approximate surface area is 240 Å². The van der Waals surface area contributed by atoms with E-state index in [1.54, 1.807) is 6.92 Å². The lowest BCUT2D eigenvalue weighted by molar-refractivity contribution is -0.158. The third-order valence-electron chi connectivity index (χ3n) is 9.38. The fourth-order valence-corrected chi connectivity index (χ4v) is 8.99. The zero-order valence-electron chi connectivity index (χ0n) is 23.0. The number of thioether (sulfide) groups is 1. The number of likely N-dealkylation sites (tertiary alicyclic amines) is 1. The molecule has 4 aliphatic heterocycles. The predicted molar refractivity (Wildman–Crippen MR) is 145 cm³/mol. The summed E-state index contributed by atoms with van der Waals surface area (Å²) < 4.78 is 1.28. The number of tetrazole rings is 1. The van der Waals surface area contributed by atoms with Crippen LogP contribution in [0.2, 0.25) is 0 Å². The van der Waals surface area contributed by atoms with Gasteiger partial charge < -0.3 is 37.0 Å². The molecule has 0 aromatic carbocycles. The first-order valence-corrected chi connectivity index (χ1v) is 14.9. The number of hydrogen-bond acceptors (Lipinski definition) is 11. The number of aromatic nitrogens is 4. The van der Waals surface area contributed by atoms with E-state index in [2.05, 4.69) is 26.2 Å². The van der Waals surface area contributed by atoms with Crippen molar-refractivity contribution in [2.45, 2.75) is 74.6 Å². The average Bonchev–Trinajstić information content (AvgIpc) is 3.69. The smallest absolute Gasteiger partial charge is 0.353 e. The molecule has 1 aromatic rings. The number of nitrogens with two attached hydrogens (primary N) is 2. The van der Waals surface area contributed by atoms with Crippen molar-refractivity contribution in [1.82, 2.24) is 40.6 Å². The van der Waals surface area contributed by atoms with Crippen molar-refractivity contribution < 1.29 is 24.3 Å². The first-order valence-electron chi connectivity index (χ1n) is 14.0. The molecule has 3 amide bonds. The topological polar surface area (TPSA) is 215 Å². The molecule has 6 rings (SSSR count). The van der Waals surface area contributed by atoms with Crippen LogP contribution >= 0.6 is 11.8 Å². The van der Waals surface area contributed by atoms with Crippen LogP contribution in [-0.2, 0) is 25.7 Å². The molecule has 0 spiro atoms. The molecule has 4 fully saturated rings. The number of rotatable bonds is 8. The Balaban J connectivity index is 1.08. The zero-order valence-corrected chi connectivity index (χ0v) is 23.8. The Bertz CT molecular complexity index is 1290. The summed E-state index contributed by atoms with van der Waals surface area (Å²) in [5.41, 5.74) is 12.3. The number of aliphatic carboxylic acids is 1. The number of β-lactam (4-membered cyclic amide) rings is 1. The number of hydrogen-bond donors (Lipinski definition) is 5. The molecule has 9 atom stereocenters. The molecular weight excluding hydrogens is 552 g/mol. The highest BCUT2D eigenvalue weighted by Crippen LogP contribution is 2.52. The van der Waals surface area contributed by atoms with Gasteiger partial charge >= 0.3 is 5.97 Å². The summed E-state index contributed by atoms with van der Waals surface area (Å²) in [4.78, 5) is 55.2. The van der Waals surface area contributed by atoms with Gasteiger partial charge in [-0.25, -0.2) is 9.48 Å². The molecule has 0 radical (unpaired) electrons. The van der Waals surface area contributed by atoms with Crippen molar-refractivity contribution in [3.8, 4) is 0 Å². The second kappa shape index (κ2) is 10.3. The fourth-order valence-electron chi connectivity index (χ4n) is 7.51. The predicted octanol–water partition coefficient (Wildman–Crippen LogP) is -2.31. The first kappa shape index (κ1) is 28.1. The number of carboxylic acid groups (broad SMARTS) is 1. The quantitative estimate of drug-likeness (QED) is 0.203. The van der Waals surface area contributed by atoms with Gasteiger partial charge in [-0.1, -0.05) is 6.92 Å². The van der Waals surface area contributed by atoms with E-state index >= 15 is 0 Å². The molecule has 15 nitrogen and oxygen atoms in total. The number of carbonyl (C=O) groups excluding carboxylic acids is 3. The van der Waals surface area contributed by atoms with Crippen molar-refractivity contribution in [2.24, 2.45) is 29.2 Å². The Morgan fingerprint density at radius 3 is 2.80 bits per heavy atom. The van der Waals surface area contributed by atoms with Gasteiger partial charge in [-0.2, -0.15) is 0 Å². The molecule has 1 aliphatic carbocycles. The van der Waals surface area contributed by atoms with E-state index in [1.807, 2.05) is 11.8 Å². The van der Waals surface area contributed by atoms with E-state index in [0.29, 0.717) is 31.0 Å². The maximum atomic E-state index is 13.3. The van der Waals surface area contributed by atoms with E-state index in [4.69, 9.17) is 11.5 Å². The summed E-state index contributed by atoms with van der Waals surface area (Å²) >= 11 is 1.44. The lowest BCUT2D eigenvalue weighted by atomic mass is 9.78. The molecule has 5 aliphatic rings. The zero-order chi connectivity index (χ0) is 29.2. The minimum atomic E-state index is -1.15. The van der Waals surface area contributed by atoms with Gasteiger partial charge in [0, 0.05) is 53.3 Å². The summed E-state index contributed by atoms with van der Waals surface area (Å²) in [5.74, 6) is -2.37. The van der Waals surface area contributed by atoms with E-state index in [-0.39, 0.29) is 65.2 Å². The lowest BCUT2D eigenvalue weighted by Crippen LogP contribution is -2.66. The number of nitrogens with zero attached hydrogens (tertiary/aromatic N) is 6. The van der Waals surface area contributed by atoms with Gasteiger partial charge in [0.2, 0.25) is 17.7 Å². The largest absolute Gasteiger partial charge is 0.477 e. The van der Waals surface area contributed by atoms with Gasteiger partial charge in [0.15, 0.2) is 0 Å². The molecule has 3 saturated heterocycles. The van der Waals surface area contributed by atoms with E-state index < -0.39 is 23.5 Å². The second-order valence-corrected chi connectivity index (χ2v) is 13.5. The molecule has 0 bridgehead atoms. The molecule has 5 heterocycles. The Kier molecular flexibility index (Phi) is 7.07. The van der Waals surface area contributed by atoms with Crippen LogP contribution in [0.25, 0.3) is 0 Å². The summed E-state index contributed by atoms with van der Waals surface area (Å²) in [6.45, 7) is 5.26. The van der Waals surface area contributed by atoms with Gasteiger partial charge in [0.1, 0.15) is 18.6 Å². The number of amides is 3. The fraction of sp³-hybridized carbons (Fsp3) is 0.720. The molecule has 222 valence electrons. The molecule has 1 saturated carbocycles. The number of carbonyl (C=O) groups is 4. The summed E-state index contributed by atoms with van der Waals surface area (Å²) in [7, 11) is 0. The van der Waals surface area contributed by atoms with E-state index in [1.165, 1.54) is 27.7 Å². The molecule has 7 N–H and O–H groups in total. The standard InChI is InChI=1S/C25H36N10O5S/c1-11-19-18(12(2)30-17(36)8-34-10-29-31-32-34)23(38)35(19)20(24(39)40)21(11)41-15-4-16(28-6-15)22(37)33-7-13-3-14(26)5-25(13,27)9-33/h10-16,18-19,28H,3-9,26-27H2,1-2H3,(H,30,36)(H,39,40)/t11-,12-,13-,14+,15+,16+,18-,19-,25-/m1/s1. The number of carboxylic acids is 1. The monoisotopic (exact) mass is 588 g/mol. The Morgan fingerprint density at radius 2 is 2.12 bits per heavy atom. The minimum absolute atomic E-state index is 0.00419. The van der Waals surface area contributed by atoms with Crippen LogP contribution < -0.4 is 22.1 Å². The van der Waals surface area contributed by atoms with Gasteiger partial charge in [-0.15, -0.1) is 16.9 Å². The maximum Gasteiger partial charge on any atom is 0.353 e. The first-order chi connectivity index (χ1) is 19.5. The third-order valence-corrected chi connectivity index (χ3v) is 10.9. The van der Waals surface area contributed by atoms with Crippen molar-refractivity contribution in [3.05, 3.63) is 16.9 Å². The van der Waals surface area contributed by atoms with Crippen LogP contribution in [0.1, 0.15) is 33.1 Å². The highest BCUT2D eigenvalue weighted by molar-refractivity contribution is 8.03. The summed E-state index contributed by atoms with van der Waals surface area (Å²) in [6, 6.07) is -1.16. The van der Waals surface area contributed by atoms with Crippen LogP contribution in [0.4, 0.5) is 0 Å². The normalized spacial score (nSPS) is 36.8. The number of fused-ring (bicyclic) bond motifs is 2. The van der Waals surface area contributed by atoms with Crippen LogP contribution in [-0.4, -0.2) is 113 Å². The van der Waals surface area contributed by atoms with Crippen molar-refractivity contribution >= 4 is 35.5 Å². The van der Waals surface area contributed by atoms with Crippen LogP contribution in [0.15, 0.2) is 16.9 Å². The molecule has 16 heteroatoms. The van der Waals surface area contributed by atoms with Crippen molar-refractivity contribution in [3.63, 3.8) is 0 Å². The Morgan fingerprint density at radius 1 is 1.34 bits per heavy atom. The third kappa shape index (κ3) is 4.79. The van der Waals surface area contributed by atoms with Crippen LogP contribution in [0, 0.1) is 17.8 Å². The van der Waals surface area contributed by atoms with Gasteiger partial charge in [0.25, 0.3) is 0 Å². The van der Waals surface area contributed by atoms with Gasteiger partial charge in [-0.05, 0) is 42.5 Å². The SMILES string of the molecule is C[C@@H](NC(=O)Cn1cnnn1)[C@H]1C(=O)N2C(C(=O)O)=C(S[C@@H]3CN[C@H](C(=O)N4C[C@H]5C[C@H](N)C[C@@]5(N)C4)C3)[C@H](C)[C@H]12. The molecule has 1 aromatic heterocycles. The molecule has 41 heavy (non-hydrogen) atoms.